The van der Waals surface area contributed by atoms with E-state index in [-0.39, 0.29) is 0 Å². The first-order valence-corrected chi connectivity index (χ1v) is 46.2. The first-order chi connectivity index (χ1) is 48.6. The Balaban J connectivity index is 0.000000677. The van der Waals surface area contributed by atoms with Crippen LogP contribution in [-0.4, -0.2) is 4.70 Å². The molecule has 0 radical (unpaired) electrons. The minimum absolute atomic E-state index is 0.998. The van der Waals surface area contributed by atoms with Gasteiger partial charge in [-0.05, 0) is 93.5 Å². The second-order valence-electron chi connectivity index (χ2n) is 31.0. The van der Waals surface area contributed by atoms with Gasteiger partial charge in [-0.3, -0.25) is 0 Å². The van der Waals surface area contributed by atoms with Gasteiger partial charge in [0.25, 0.3) is 0 Å². The molecule has 1 aliphatic heterocycles. The number of nitrogens with zero attached hydrogens (tertiary/aromatic N) is 2. The van der Waals surface area contributed by atoms with E-state index in [0.717, 1.165) is 61.9 Å². The molecule has 0 bridgehead atoms. The molecule has 0 aliphatic carbocycles. The van der Waals surface area contributed by atoms with E-state index in [1.54, 1.807) is 4.70 Å². The molecule has 2 aromatic carbocycles. The van der Waals surface area contributed by atoms with Gasteiger partial charge in [0.05, 0.1) is 0 Å². The molecular formula is C95H170N2Ni. The van der Waals surface area contributed by atoms with E-state index < -0.39 is 0 Å². The average molecular weight is 1400 g/mol. The standard InChI is InChI=1S/C51H80N2.2C22H45.Ni/c1-5-9-13-15-16-17-18-19-20-21-22-23-24-25-26-27-28-29-30-37-45-38-32-33-41-47(45)51-49(42-31-14-10-6-2)48(40-12-8-4)50(53(51)52)46-39-34-36-44(43-46)35-11-7-3;2*1-3-5-7-9-11-13-15-17-19-21-22-20-18-16-14-12-10-8-6-4-2;/h28-29,32-34,36,38-39,41,43H,5-27,30-31,35,37,40,42H2,1-4H3;2*1,3-22H2,2H3;. The van der Waals surface area contributed by atoms with Gasteiger partial charge in [-0.15, -0.1) is 0 Å². The Morgan fingerprint density at radius 3 is 0.969 bits per heavy atom. The van der Waals surface area contributed by atoms with Gasteiger partial charge in [0.2, 0.25) is 11.4 Å². The summed E-state index contributed by atoms with van der Waals surface area (Å²) in [6.07, 6.45) is 101. The molecule has 0 spiro atoms. The van der Waals surface area contributed by atoms with Gasteiger partial charge >= 0.3 is 166 Å². The number of rotatable bonds is 74. The summed E-state index contributed by atoms with van der Waals surface area (Å²) in [6, 6.07) is 17.9. The van der Waals surface area contributed by atoms with E-state index in [1.165, 1.54) is 437 Å². The number of aryl methyl sites for hydroxylation is 2. The Bertz CT molecular complexity index is 2070. The summed E-state index contributed by atoms with van der Waals surface area (Å²) in [5.74, 6) is 0. The Kier molecular flexibility index (Phi) is 68.5. The molecule has 0 atom stereocenters. The summed E-state index contributed by atoms with van der Waals surface area (Å²) in [5.41, 5.74) is 22.1. The quantitative estimate of drug-likeness (QED) is 0.0273. The third kappa shape index (κ3) is 52.7. The Labute approximate surface area is 621 Å². The fraction of sp³-hybridized carbons (Fsp3) is 0.811. The molecular weight excluding hydrogens is 1230 g/mol. The zero-order valence-electron chi connectivity index (χ0n) is 67.2. The minimum atomic E-state index is 0.998. The molecule has 2 nitrogen and oxygen atoms in total. The van der Waals surface area contributed by atoms with Crippen molar-refractivity contribution in [2.45, 2.75) is 495 Å². The Hall–Kier alpha value is -2.25. The van der Waals surface area contributed by atoms with Gasteiger partial charge in [-0.2, -0.15) is 0 Å². The molecule has 3 rings (SSSR count). The van der Waals surface area contributed by atoms with Crippen molar-refractivity contribution in [1.82, 2.24) is 0 Å². The van der Waals surface area contributed by atoms with E-state index in [4.69, 9.17) is 0 Å². The van der Waals surface area contributed by atoms with E-state index in [1.807, 2.05) is 14.4 Å². The summed E-state index contributed by atoms with van der Waals surface area (Å²) in [7, 11) is 0. The maximum atomic E-state index is 12.2. The first-order valence-electron chi connectivity index (χ1n) is 44.8. The summed E-state index contributed by atoms with van der Waals surface area (Å²) < 4.78 is 1.60. The SMILES string of the molecule is CCCCCCCCCCCCCCCCCC=CCCc1ccccc1C1=C(CCCCCC)C(CCCC)=C(c2cccc(CCCC)c2)[N+]1=[N-].CCCCCCCCCCCCCCCCCCCCC[CH2][Ni][CH2]CCCCCCCCCCCCCCCCCCCCC. The first kappa shape index (κ1) is 91.8. The summed E-state index contributed by atoms with van der Waals surface area (Å²) >= 11 is 2.05. The predicted molar refractivity (Wildman–Crippen MR) is 440 cm³/mol. The molecule has 1 heterocycles. The van der Waals surface area contributed by atoms with Gasteiger partial charge in [0.1, 0.15) is 0 Å². The van der Waals surface area contributed by atoms with Crippen molar-refractivity contribution < 1.29 is 19.1 Å². The Morgan fingerprint density at radius 2 is 0.582 bits per heavy atom. The third-order valence-corrected chi connectivity index (χ3v) is 23.0. The van der Waals surface area contributed by atoms with E-state index in [2.05, 4.69) is 102 Å². The van der Waals surface area contributed by atoms with Crippen molar-refractivity contribution >= 4 is 11.4 Å². The summed E-state index contributed by atoms with van der Waals surface area (Å²) in [4.78, 5) is 0. The van der Waals surface area contributed by atoms with Gasteiger partial charge in [-0.1, -0.05) is 322 Å². The van der Waals surface area contributed by atoms with Crippen LogP contribution in [0.15, 0.2) is 71.8 Å². The Morgan fingerprint density at radius 1 is 0.276 bits per heavy atom. The van der Waals surface area contributed by atoms with Crippen LogP contribution in [0.2, 0.25) is 10.8 Å². The van der Waals surface area contributed by atoms with Crippen LogP contribution < -0.4 is 0 Å². The predicted octanol–water partition coefficient (Wildman–Crippen LogP) is 34.7. The van der Waals surface area contributed by atoms with Crippen molar-refractivity contribution in [3.8, 4) is 0 Å². The average Bonchev–Trinajstić information content (AvgIpc) is 1.60. The van der Waals surface area contributed by atoms with Crippen molar-refractivity contribution in [3.05, 3.63) is 99.6 Å². The van der Waals surface area contributed by atoms with E-state index >= 15 is 0 Å². The molecule has 1 aliphatic rings. The molecule has 0 amide bonds. The second kappa shape index (κ2) is 73.1. The van der Waals surface area contributed by atoms with Crippen LogP contribution in [0, 0.1) is 0 Å². The normalized spacial score (nSPS) is 12.6. The molecule has 570 valence electrons. The van der Waals surface area contributed by atoms with Crippen molar-refractivity contribution in [2.75, 3.05) is 0 Å². The van der Waals surface area contributed by atoms with Crippen LogP contribution in [-0.2, 0) is 27.3 Å². The molecule has 0 N–H and O–H groups in total. The fourth-order valence-corrected chi connectivity index (χ4v) is 16.3. The van der Waals surface area contributed by atoms with Crippen LogP contribution in [0.5, 0.6) is 0 Å². The molecule has 0 saturated heterocycles. The van der Waals surface area contributed by atoms with Crippen molar-refractivity contribution in [1.29, 1.82) is 0 Å². The maximum absolute atomic E-state index is 12.2. The van der Waals surface area contributed by atoms with Gasteiger partial charge in [0, 0.05) is 22.3 Å². The number of allylic oxidation sites excluding steroid dienone is 4. The van der Waals surface area contributed by atoms with Gasteiger partial charge < -0.3 is 5.53 Å². The van der Waals surface area contributed by atoms with Crippen LogP contribution >= 0.6 is 0 Å². The van der Waals surface area contributed by atoms with Crippen LogP contribution in [0.3, 0.4) is 0 Å². The van der Waals surface area contributed by atoms with Crippen LogP contribution in [0.25, 0.3) is 16.9 Å². The molecule has 3 heteroatoms. The monoisotopic (exact) mass is 1400 g/mol. The van der Waals surface area contributed by atoms with Crippen molar-refractivity contribution in [3.63, 3.8) is 0 Å². The third-order valence-electron chi connectivity index (χ3n) is 21.6. The van der Waals surface area contributed by atoms with Crippen LogP contribution in [0.1, 0.15) is 494 Å². The number of unbranched alkanes of at least 4 members (excludes halogenated alkanes) is 58. The molecule has 0 aromatic heterocycles. The molecule has 0 fully saturated rings. The van der Waals surface area contributed by atoms with E-state index in [9.17, 15) is 5.53 Å². The van der Waals surface area contributed by atoms with E-state index in [0.29, 0.717) is 0 Å². The topological polar surface area (TPSA) is 25.3 Å². The summed E-state index contributed by atoms with van der Waals surface area (Å²) in [6.45, 7) is 13.8. The zero-order valence-corrected chi connectivity index (χ0v) is 68.2. The fourth-order valence-electron chi connectivity index (χ4n) is 15.1. The second-order valence-corrected chi connectivity index (χ2v) is 32.5. The number of hydrogen-bond acceptors (Lipinski definition) is 0. The molecule has 2 aromatic rings. The van der Waals surface area contributed by atoms with Gasteiger partial charge in [0.15, 0.2) is 0 Å². The number of hydrogen-bond donors (Lipinski definition) is 0. The minimum Gasteiger partial charge on any atom is -0.0654 e. The summed E-state index contributed by atoms with van der Waals surface area (Å²) in [5, 5.41) is 2.87. The van der Waals surface area contributed by atoms with Crippen molar-refractivity contribution in [2.24, 2.45) is 0 Å². The molecule has 98 heavy (non-hydrogen) atoms. The molecule has 0 saturated carbocycles. The number of benzene rings is 2. The molecule has 0 unspecified atom stereocenters. The smallest absolute Gasteiger partial charge is 0.0654 e. The van der Waals surface area contributed by atoms with Gasteiger partial charge in [-0.25, -0.2) is 4.70 Å². The van der Waals surface area contributed by atoms with Crippen LogP contribution in [0.4, 0.5) is 0 Å². The zero-order chi connectivity index (χ0) is 70.2.